The molecular formula is C23H35NO4. The van der Waals surface area contributed by atoms with Crippen LogP contribution in [-0.2, 0) is 17.7 Å². The lowest BCUT2D eigenvalue weighted by molar-refractivity contribution is 0.114. The second-order valence-electron chi connectivity index (χ2n) is 7.82. The molecule has 0 aliphatic heterocycles. The Balaban J connectivity index is 2.43. The second-order valence-corrected chi connectivity index (χ2v) is 7.82. The van der Waals surface area contributed by atoms with Gasteiger partial charge in [-0.15, -0.1) is 0 Å². The Morgan fingerprint density at radius 1 is 1.29 bits per heavy atom. The van der Waals surface area contributed by atoms with Crippen LogP contribution in [0.2, 0.25) is 0 Å². The Labute approximate surface area is 169 Å². The molecule has 0 fully saturated rings. The molecule has 28 heavy (non-hydrogen) atoms. The number of carbonyl (C=O) groups is 1. The normalized spacial score (nSPS) is 16.6. The van der Waals surface area contributed by atoms with Crippen LogP contribution in [0.25, 0.3) is 0 Å². The van der Waals surface area contributed by atoms with Crippen molar-refractivity contribution >= 4 is 6.09 Å². The predicted molar refractivity (Wildman–Crippen MR) is 112 cm³/mol. The van der Waals surface area contributed by atoms with E-state index in [1.165, 1.54) is 10.5 Å². The maximum absolute atomic E-state index is 12.1. The summed E-state index contributed by atoms with van der Waals surface area (Å²) < 4.78 is 5.08. The quantitative estimate of drug-likeness (QED) is 0.446. The molecule has 1 aliphatic rings. The number of hydrogen-bond donors (Lipinski definition) is 2. The Morgan fingerprint density at radius 3 is 2.68 bits per heavy atom. The monoisotopic (exact) mass is 389 g/mol. The number of carbonyl (C=O) groups excluding carboxylic acids is 1. The number of aromatic hydroxyl groups is 2. The molecule has 156 valence electrons. The van der Waals surface area contributed by atoms with Crippen LogP contribution in [0.1, 0.15) is 81.9 Å². The summed E-state index contributed by atoms with van der Waals surface area (Å²) in [6.07, 6.45) is 8.67. The summed E-state index contributed by atoms with van der Waals surface area (Å²) in [5.74, 6) is 0.283. The summed E-state index contributed by atoms with van der Waals surface area (Å²) in [7, 11) is 1.67. The Hall–Kier alpha value is -2.17. The Morgan fingerprint density at radius 2 is 2.04 bits per heavy atom. The van der Waals surface area contributed by atoms with Crippen molar-refractivity contribution in [3.05, 3.63) is 34.4 Å². The highest BCUT2D eigenvalue weighted by atomic mass is 16.6. The standard InChI is InChI=1S/C23H35NO4/c1-5-7-8-11-17-14-20(25)21(18-12-9-10-16(3)13-18)22(26)19(17)15-24(4)23(27)28-6-2/h13-14,18,25-26H,5-12,15H2,1-4H3. The first-order valence-electron chi connectivity index (χ1n) is 10.5. The number of nitrogens with zero attached hydrogens (tertiary/aromatic N) is 1. The largest absolute Gasteiger partial charge is 0.507 e. The van der Waals surface area contributed by atoms with E-state index >= 15 is 0 Å². The van der Waals surface area contributed by atoms with Crippen LogP contribution < -0.4 is 0 Å². The maximum atomic E-state index is 12.1. The first-order valence-corrected chi connectivity index (χ1v) is 10.5. The maximum Gasteiger partial charge on any atom is 0.409 e. The van der Waals surface area contributed by atoms with Crippen LogP contribution in [0.15, 0.2) is 17.7 Å². The highest BCUT2D eigenvalue weighted by molar-refractivity contribution is 5.68. The van der Waals surface area contributed by atoms with Gasteiger partial charge in [-0.1, -0.05) is 31.4 Å². The summed E-state index contributed by atoms with van der Waals surface area (Å²) in [5.41, 5.74) is 3.49. The molecule has 1 aliphatic carbocycles. The first kappa shape index (κ1) is 22.1. The molecule has 0 saturated heterocycles. The van der Waals surface area contributed by atoms with E-state index in [4.69, 9.17) is 4.74 Å². The minimum absolute atomic E-state index is 0.00471. The van der Waals surface area contributed by atoms with Gasteiger partial charge < -0.3 is 19.8 Å². The second kappa shape index (κ2) is 10.4. The van der Waals surface area contributed by atoms with Gasteiger partial charge in [0.1, 0.15) is 11.5 Å². The summed E-state index contributed by atoms with van der Waals surface area (Å²) in [5, 5.41) is 21.9. The average Bonchev–Trinajstić information content (AvgIpc) is 2.65. The van der Waals surface area contributed by atoms with E-state index in [1.807, 2.05) is 0 Å². The number of phenols is 2. The molecule has 5 nitrogen and oxygen atoms in total. The SMILES string of the molecule is CCCCCc1cc(O)c(C2C=C(C)CCC2)c(O)c1CN(C)C(=O)OCC. The minimum Gasteiger partial charge on any atom is -0.507 e. The Kier molecular flexibility index (Phi) is 8.21. The van der Waals surface area contributed by atoms with Crippen molar-refractivity contribution in [1.82, 2.24) is 4.90 Å². The fourth-order valence-corrected chi connectivity index (χ4v) is 3.97. The van der Waals surface area contributed by atoms with Crippen molar-refractivity contribution < 1.29 is 19.7 Å². The van der Waals surface area contributed by atoms with Gasteiger partial charge in [0, 0.05) is 24.1 Å². The molecule has 1 aromatic rings. The van der Waals surface area contributed by atoms with Crippen molar-refractivity contribution in [3.63, 3.8) is 0 Å². The zero-order chi connectivity index (χ0) is 20.7. The van der Waals surface area contributed by atoms with Gasteiger partial charge in [-0.3, -0.25) is 0 Å². The summed E-state index contributed by atoms with van der Waals surface area (Å²) in [4.78, 5) is 13.6. The molecule has 5 heteroatoms. The van der Waals surface area contributed by atoms with Gasteiger partial charge in [0.05, 0.1) is 13.2 Å². The molecule has 0 bridgehead atoms. The van der Waals surface area contributed by atoms with E-state index in [0.29, 0.717) is 12.2 Å². The lowest BCUT2D eigenvalue weighted by Gasteiger charge is -2.26. The summed E-state index contributed by atoms with van der Waals surface area (Å²) in [6.45, 7) is 6.58. The molecule has 0 saturated carbocycles. The zero-order valence-corrected chi connectivity index (χ0v) is 17.8. The van der Waals surface area contributed by atoms with Crippen molar-refractivity contribution in [1.29, 1.82) is 0 Å². The van der Waals surface area contributed by atoms with Gasteiger partial charge in [0.2, 0.25) is 0 Å². The Bertz CT molecular complexity index is 711. The van der Waals surface area contributed by atoms with Crippen molar-refractivity contribution in [2.45, 2.75) is 78.2 Å². The van der Waals surface area contributed by atoms with Gasteiger partial charge in [-0.05, 0) is 57.6 Å². The van der Waals surface area contributed by atoms with Crippen LogP contribution in [-0.4, -0.2) is 34.9 Å². The molecule has 2 rings (SSSR count). The number of benzene rings is 1. The number of amides is 1. The van der Waals surface area contributed by atoms with Crippen molar-refractivity contribution in [2.75, 3.05) is 13.7 Å². The molecular weight excluding hydrogens is 354 g/mol. The van der Waals surface area contributed by atoms with Crippen LogP contribution in [0, 0.1) is 0 Å². The lowest BCUT2D eigenvalue weighted by Crippen LogP contribution is -2.27. The fraction of sp³-hybridized carbons (Fsp3) is 0.609. The molecule has 1 amide bonds. The van der Waals surface area contributed by atoms with E-state index in [2.05, 4.69) is 19.9 Å². The van der Waals surface area contributed by atoms with Crippen LogP contribution >= 0.6 is 0 Å². The number of phenolic OH excluding ortho intramolecular Hbond substituents is 2. The molecule has 0 aromatic heterocycles. The van der Waals surface area contributed by atoms with E-state index in [1.54, 1.807) is 20.0 Å². The molecule has 2 N–H and O–H groups in total. The van der Waals surface area contributed by atoms with Gasteiger partial charge in [-0.2, -0.15) is 0 Å². The van der Waals surface area contributed by atoms with Crippen molar-refractivity contribution in [3.8, 4) is 11.5 Å². The number of unbranched alkanes of at least 4 members (excludes halogenated alkanes) is 2. The van der Waals surface area contributed by atoms with E-state index in [9.17, 15) is 15.0 Å². The van der Waals surface area contributed by atoms with E-state index < -0.39 is 6.09 Å². The van der Waals surface area contributed by atoms with Gasteiger partial charge in [-0.25, -0.2) is 4.79 Å². The third kappa shape index (κ3) is 5.43. The highest BCUT2D eigenvalue weighted by Gasteiger charge is 2.26. The minimum atomic E-state index is -0.413. The number of aryl methyl sites for hydroxylation is 1. The third-order valence-electron chi connectivity index (χ3n) is 5.48. The zero-order valence-electron chi connectivity index (χ0n) is 17.8. The van der Waals surface area contributed by atoms with E-state index in [-0.39, 0.29) is 24.0 Å². The topological polar surface area (TPSA) is 70.0 Å². The van der Waals surface area contributed by atoms with Gasteiger partial charge in [0.15, 0.2) is 0 Å². The number of allylic oxidation sites excluding steroid dienone is 2. The summed E-state index contributed by atoms with van der Waals surface area (Å²) in [6, 6.07) is 1.79. The molecule has 0 heterocycles. The fourth-order valence-electron chi connectivity index (χ4n) is 3.97. The molecule has 0 radical (unpaired) electrons. The van der Waals surface area contributed by atoms with Gasteiger partial charge in [0.25, 0.3) is 0 Å². The molecule has 0 spiro atoms. The van der Waals surface area contributed by atoms with Gasteiger partial charge >= 0.3 is 6.09 Å². The highest BCUT2D eigenvalue weighted by Crippen LogP contribution is 2.44. The van der Waals surface area contributed by atoms with E-state index in [0.717, 1.165) is 56.1 Å². The number of hydrogen-bond acceptors (Lipinski definition) is 4. The number of rotatable bonds is 8. The van der Waals surface area contributed by atoms with Crippen molar-refractivity contribution in [2.24, 2.45) is 0 Å². The van der Waals surface area contributed by atoms with Crippen LogP contribution in [0.4, 0.5) is 4.79 Å². The van der Waals surface area contributed by atoms with Crippen LogP contribution in [0.5, 0.6) is 11.5 Å². The summed E-state index contributed by atoms with van der Waals surface area (Å²) >= 11 is 0. The average molecular weight is 390 g/mol. The predicted octanol–water partition coefficient (Wildman–Crippen LogP) is 5.63. The lowest BCUT2D eigenvalue weighted by atomic mass is 9.83. The molecule has 1 aromatic carbocycles. The molecule has 1 unspecified atom stereocenters. The molecule has 1 atom stereocenters. The number of ether oxygens (including phenoxy) is 1. The smallest absolute Gasteiger partial charge is 0.409 e. The third-order valence-corrected chi connectivity index (χ3v) is 5.48. The van der Waals surface area contributed by atoms with Crippen LogP contribution in [0.3, 0.4) is 0 Å². The first-order chi connectivity index (χ1) is 13.4.